The van der Waals surface area contributed by atoms with Crippen LogP contribution in [-0.2, 0) is 14.3 Å². The fourth-order valence-electron chi connectivity index (χ4n) is 5.17. The third-order valence-electron chi connectivity index (χ3n) is 7.79. The van der Waals surface area contributed by atoms with Crippen LogP contribution in [0.2, 0.25) is 0 Å². The van der Waals surface area contributed by atoms with E-state index in [1.807, 2.05) is 0 Å². The molecule has 0 aromatic carbocycles. The van der Waals surface area contributed by atoms with E-state index in [1.54, 1.807) is 0 Å². The molecule has 0 fully saturated rings. The number of aliphatic hydroxyl groups excluding tert-OH is 2. The topological polar surface area (TPSA) is 83.8 Å². The van der Waals surface area contributed by atoms with E-state index in [4.69, 9.17) is 9.84 Å². The minimum Gasteiger partial charge on any atom is -0.393 e. The molecule has 0 bridgehead atoms. The summed E-state index contributed by atoms with van der Waals surface area (Å²) < 4.78 is 4.86. The lowest BCUT2D eigenvalue weighted by molar-refractivity contribution is -0.170. The smallest absolute Gasteiger partial charge is 0.345 e. The maximum absolute atomic E-state index is 12.5. The van der Waals surface area contributed by atoms with Crippen LogP contribution in [0.4, 0.5) is 0 Å². The third kappa shape index (κ3) is 24.1. The highest BCUT2D eigenvalue weighted by Crippen LogP contribution is 2.21. The molecule has 0 spiro atoms. The van der Waals surface area contributed by atoms with E-state index in [0.29, 0.717) is 0 Å². The number of carbonyl (C=O) groups is 2. The first-order valence-electron chi connectivity index (χ1n) is 16.6. The van der Waals surface area contributed by atoms with Crippen molar-refractivity contribution < 1.29 is 24.5 Å². The number of ether oxygens (including phenoxy) is 1. The molecule has 0 heterocycles. The molecule has 0 aliphatic carbocycles. The van der Waals surface area contributed by atoms with Gasteiger partial charge >= 0.3 is 11.9 Å². The summed E-state index contributed by atoms with van der Waals surface area (Å²) in [4.78, 5) is 24.2. The van der Waals surface area contributed by atoms with Crippen LogP contribution >= 0.6 is 0 Å². The number of hydrogen-bond donors (Lipinski definition) is 2. The van der Waals surface area contributed by atoms with Crippen molar-refractivity contribution in [2.24, 2.45) is 5.92 Å². The molecular weight excluding hydrogens is 476 g/mol. The van der Waals surface area contributed by atoms with Crippen molar-refractivity contribution in [2.75, 3.05) is 6.61 Å². The van der Waals surface area contributed by atoms with Crippen LogP contribution in [0.25, 0.3) is 0 Å². The van der Waals surface area contributed by atoms with E-state index in [0.717, 1.165) is 38.5 Å². The number of aliphatic hydroxyl groups is 2. The van der Waals surface area contributed by atoms with Crippen molar-refractivity contribution in [1.29, 1.82) is 0 Å². The standard InChI is InChI=1S/C33H64O5/c1-3-5-7-9-11-12-13-14-15-16-17-18-19-20-21-22-24-26-28-30(27-25-23-10-8-6-4-2)32(36)38-33(37)31(35)29-34/h30-31,34-35H,3-29H2,1-2H3. The Balaban J connectivity index is 3.84. The lowest BCUT2D eigenvalue weighted by atomic mass is 9.94. The molecule has 0 amide bonds. The molecule has 2 atom stereocenters. The first kappa shape index (κ1) is 37.1. The lowest BCUT2D eigenvalue weighted by Gasteiger charge is -2.16. The van der Waals surface area contributed by atoms with Gasteiger partial charge in [-0.1, -0.05) is 168 Å². The second kappa shape index (κ2) is 29.1. The molecule has 0 aliphatic rings. The van der Waals surface area contributed by atoms with Gasteiger partial charge in [0.15, 0.2) is 6.10 Å². The van der Waals surface area contributed by atoms with E-state index in [1.165, 1.54) is 128 Å². The van der Waals surface area contributed by atoms with Crippen LogP contribution in [0, 0.1) is 5.92 Å². The molecule has 5 nitrogen and oxygen atoms in total. The van der Waals surface area contributed by atoms with Crippen LogP contribution in [-0.4, -0.2) is 34.9 Å². The van der Waals surface area contributed by atoms with Gasteiger partial charge in [-0.25, -0.2) is 4.79 Å². The second-order valence-electron chi connectivity index (χ2n) is 11.5. The summed E-state index contributed by atoms with van der Waals surface area (Å²) >= 11 is 0. The average Bonchev–Trinajstić information content (AvgIpc) is 2.92. The highest BCUT2D eigenvalue weighted by atomic mass is 16.6. The number of carbonyl (C=O) groups excluding carboxylic acids is 2. The molecule has 0 aromatic rings. The Morgan fingerprint density at radius 3 is 1.08 bits per heavy atom. The van der Waals surface area contributed by atoms with Gasteiger partial charge in [0.25, 0.3) is 0 Å². The number of rotatable bonds is 29. The van der Waals surface area contributed by atoms with E-state index in [9.17, 15) is 14.7 Å². The van der Waals surface area contributed by atoms with Crippen LogP contribution in [0.5, 0.6) is 0 Å². The molecule has 0 aliphatic heterocycles. The Labute approximate surface area is 235 Å². The zero-order chi connectivity index (χ0) is 28.1. The van der Waals surface area contributed by atoms with Gasteiger partial charge in [0.05, 0.1) is 12.5 Å². The second-order valence-corrected chi connectivity index (χ2v) is 11.5. The Morgan fingerprint density at radius 2 is 0.789 bits per heavy atom. The molecule has 38 heavy (non-hydrogen) atoms. The monoisotopic (exact) mass is 540 g/mol. The van der Waals surface area contributed by atoms with Crippen molar-refractivity contribution in [1.82, 2.24) is 0 Å². The summed E-state index contributed by atoms with van der Waals surface area (Å²) in [6.45, 7) is 3.75. The van der Waals surface area contributed by atoms with Gasteiger partial charge in [0.1, 0.15) is 0 Å². The van der Waals surface area contributed by atoms with Gasteiger partial charge in [-0.05, 0) is 12.8 Å². The average molecular weight is 541 g/mol. The van der Waals surface area contributed by atoms with Gasteiger partial charge in [0.2, 0.25) is 0 Å². The Morgan fingerprint density at radius 1 is 0.500 bits per heavy atom. The fourth-order valence-corrected chi connectivity index (χ4v) is 5.17. The minimum absolute atomic E-state index is 0.294. The number of esters is 2. The number of hydrogen-bond acceptors (Lipinski definition) is 5. The first-order chi connectivity index (χ1) is 18.6. The maximum atomic E-state index is 12.5. The normalized spacial score (nSPS) is 12.9. The van der Waals surface area contributed by atoms with Crippen LogP contribution in [0.3, 0.4) is 0 Å². The summed E-state index contributed by atoms with van der Waals surface area (Å²) in [6.07, 6.45) is 30.7. The summed E-state index contributed by atoms with van der Waals surface area (Å²) in [5.41, 5.74) is 0. The molecule has 0 rings (SSSR count). The predicted molar refractivity (Wildman–Crippen MR) is 159 cm³/mol. The third-order valence-corrected chi connectivity index (χ3v) is 7.79. The van der Waals surface area contributed by atoms with Crippen molar-refractivity contribution >= 4 is 11.9 Å². The quantitative estimate of drug-likeness (QED) is 0.0561. The SMILES string of the molecule is CCCCCCCCCCCCCCCCCCCCC(CCCCCCCC)C(=O)OC(=O)C(O)CO. The highest BCUT2D eigenvalue weighted by Gasteiger charge is 2.25. The minimum atomic E-state index is -1.64. The molecule has 0 aromatic heterocycles. The Kier molecular flexibility index (Phi) is 28.3. The summed E-state index contributed by atoms with van der Waals surface area (Å²) in [7, 11) is 0. The van der Waals surface area contributed by atoms with Crippen molar-refractivity contribution in [2.45, 2.75) is 187 Å². The lowest BCUT2D eigenvalue weighted by Crippen LogP contribution is -2.31. The van der Waals surface area contributed by atoms with Crippen molar-refractivity contribution in [3.8, 4) is 0 Å². The van der Waals surface area contributed by atoms with Crippen molar-refractivity contribution in [3.05, 3.63) is 0 Å². The van der Waals surface area contributed by atoms with Gasteiger partial charge < -0.3 is 14.9 Å². The van der Waals surface area contributed by atoms with E-state index < -0.39 is 24.6 Å². The zero-order valence-corrected chi connectivity index (χ0v) is 25.4. The van der Waals surface area contributed by atoms with Gasteiger partial charge in [-0.15, -0.1) is 0 Å². The summed E-state index contributed by atoms with van der Waals surface area (Å²) in [5.74, 6) is -1.87. The van der Waals surface area contributed by atoms with Gasteiger partial charge in [-0.3, -0.25) is 4.79 Å². The highest BCUT2D eigenvalue weighted by molar-refractivity contribution is 5.88. The van der Waals surface area contributed by atoms with Crippen LogP contribution < -0.4 is 0 Å². The van der Waals surface area contributed by atoms with Crippen LogP contribution in [0.15, 0.2) is 0 Å². The predicted octanol–water partition coefficient (Wildman–Crippen LogP) is 9.21. The first-order valence-corrected chi connectivity index (χ1v) is 16.6. The Bertz CT molecular complexity index is 522. The maximum Gasteiger partial charge on any atom is 0.345 e. The van der Waals surface area contributed by atoms with E-state index >= 15 is 0 Å². The molecule has 0 saturated carbocycles. The Hall–Kier alpha value is -0.940. The molecule has 0 saturated heterocycles. The summed E-state index contributed by atoms with van der Waals surface area (Å²) in [5, 5.41) is 18.3. The molecule has 0 radical (unpaired) electrons. The molecular formula is C33H64O5. The van der Waals surface area contributed by atoms with E-state index in [2.05, 4.69) is 13.8 Å². The largest absolute Gasteiger partial charge is 0.393 e. The van der Waals surface area contributed by atoms with Gasteiger partial charge in [-0.2, -0.15) is 0 Å². The fraction of sp³-hybridized carbons (Fsp3) is 0.939. The molecule has 2 unspecified atom stereocenters. The van der Waals surface area contributed by atoms with Crippen molar-refractivity contribution in [3.63, 3.8) is 0 Å². The molecule has 2 N–H and O–H groups in total. The number of unbranched alkanes of at least 4 members (excludes halogenated alkanes) is 22. The van der Waals surface area contributed by atoms with E-state index in [-0.39, 0.29) is 5.92 Å². The zero-order valence-electron chi connectivity index (χ0n) is 25.4. The summed E-state index contributed by atoms with van der Waals surface area (Å²) in [6, 6.07) is 0. The molecule has 5 heteroatoms. The molecule has 226 valence electrons. The van der Waals surface area contributed by atoms with Gasteiger partial charge in [0, 0.05) is 0 Å². The van der Waals surface area contributed by atoms with Crippen LogP contribution in [0.1, 0.15) is 181 Å².